The van der Waals surface area contributed by atoms with Crippen molar-refractivity contribution in [2.45, 2.75) is 32.6 Å². The Morgan fingerprint density at radius 2 is 1.93 bits per heavy atom. The van der Waals surface area contributed by atoms with Crippen molar-refractivity contribution in [3.63, 3.8) is 0 Å². The van der Waals surface area contributed by atoms with E-state index in [4.69, 9.17) is 0 Å². The molecule has 0 heterocycles. The molecule has 1 rings (SSSR count). The van der Waals surface area contributed by atoms with Gasteiger partial charge in [0.05, 0.1) is 0 Å². The molecule has 2 N–H and O–H groups in total. The highest BCUT2D eigenvalue weighted by molar-refractivity contribution is 4.95. The van der Waals surface area contributed by atoms with Crippen molar-refractivity contribution in [3.8, 4) is 0 Å². The quantitative estimate of drug-likeness (QED) is 0.458. The second-order valence-electron chi connectivity index (χ2n) is 4.05. The Kier molecular flexibility index (Phi) is 6.71. The van der Waals surface area contributed by atoms with E-state index in [2.05, 4.69) is 29.7 Å². The van der Waals surface area contributed by atoms with E-state index >= 15 is 0 Å². The molecule has 0 bridgehead atoms. The molecule has 2 nitrogen and oxygen atoms in total. The average molecular weight is 196 g/mol. The summed E-state index contributed by atoms with van der Waals surface area (Å²) >= 11 is 0. The van der Waals surface area contributed by atoms with Gasteiger partial charge < -0.3 is 10.6 Å². The Hall–Kier alpha value is -0.340. The standard InChI is InChI=1S/C12H24N2/c1-2-8-13-10-11-14-9-7-12-5-3-4-6-12/h3,5,12-14H,2,4,6-11H2,1H3. The van der Waals surface area contributed by atoms with Gasteiger partial charge in [-0.05, 0) is 44.7 Å². The van der Waals surface area contributed by atoms with Crippen LogP contribution in [0.3, 0.4) is 0 Å². The molecule has 0 saturated carbocycles. The minimum absolute atomic E-state index is 0.853. The van der Waals surface area contributed by atoms with E-state index in [1.807, 2.05) is 0 Å². The Morgan fingerprint density at radius 3 is 2.57 bits per heavy atom. The summed E-state index contributed by atoms with van der Waals surface area (Å²) < 4.78 is 0. The molecule has 82 valence electrons. The highest BCUT2D eigenvalue weighted by Gasteiger charge is 2.07. The van der Waals surface area contributed by atoms with Crippen molar-refractivity contribution >= 4 is 0 Å². The molecule has 14 heavy (non-hydrogen) atoms. The average Bonchev–Trinajstić information content (AvgIpc) is 2.69. The molecule has 2 heteroatoms. The van der Waals surface area contributed by atoms with Gasteiger partial charge in [0.1, 0.15) is 0 Å². The summed E-state index contributed by atoms with van der Waals surface area (Å²) in [5.74, 6) is 0.853. The van der Waals surface area contributed by atoms with Gasteiger partial charge in [-0.2, -0.15) is 0 Å². The molecule has 0 spiro atoms. The van der Waals surface area contributed by atoms with Crippen molar-refractivity contribution in [2.24, 2.45) is 5.92 Å². The fraction of sp³-hybridized carbons (Fsp3) is 0.833. The highest BCUT2D eigenvalue weighted by atomic mass is 14.9. The van der Waals surface area contributed by atoms with Gasteiger partial charge in [-0.25, -0.2) is 0 Å². The van der Waals surface area contributed by atoms with Crippen LogP contribution in [0.2, 0.25) is 0 Å². The lowest BCUT2D eigenvalue weighted by Gasteiger charge is -2.08. The molecule has 0 aromatic heterocycles. The first-order valence-electron chi connectivity index (χ1n) is 6.01. The summed E-state index contributed by atoms with van der Waals surface area (Å²) in [6.07, 6.45) is 9.89. The SMILES string of the molecule is CCCNCCNCCC1C=CCC1. The van der Waals surface area contributed by atoms with Crippen molar-refractivity contribution in [2.75, 3.05) is 26.2 Å². The summed E-state index contributed by atoms with van der Waals surface area (Å²) in [6, 6.07) is 0. The van der Waals surface area contributed by atoms with Crippen LogP contribution in [0.25, 0.3) is 0 Å². The first-order chi connectivity index (χ1) is 6.93. The van der Waals surface area contributed by atoms with Crippen LogP contribution in [0.15, 0.2) is 12.2 Å². The molecular weight excluding hydrogens is 172 g/mol. The number of rotatable bonds is 8. The largest absolute Gasteiger partial charge is 0.315 e. The smallest absolute Gasteiger partial charge is 0.00767 e. The molecule has 1 unspecified atom stereocenters. The van der Waals surface area contributed by atoms with Gasteiger partial charge in [0.25, 0.3) is 0 Å². The van der Waals surface area contributed by atoms with Crippen LogP contribution in [0.1, 0.15) is 32.6 Å². The molecule has 1 aliphatic carbocycles. The van der Waals surface area contributed by atoms with E-state index in [0.29, 0.717) is 0 Å². The minimum Gasteiger partial charge on any atom is -0.315 e. The van der Waals surface area contributed by atoms with E-state index in [9.17, 15) is 0 Å². The summed E-state index contributed by atoms with van der Waals surface area (Å²) in [5, 5.41) is 6.86. The van der Waals surface area contributed by atoms with Crippen LogP contribution in [0.5, 0.6) is 0 Å². The van der Waals surface area contributed by atoms with Crippen molar-refractivity contribution < 1.29 is 0 Å². The first kappa shape index (κ1) is 11.7. The van der Waals surface area contributed by atoms with Crippen LogP contribution in [0.4, 0.5) is 0 Å². The number of nitrogens with one attached hydrogen (secondary N) is 2. The Labute approximate surface area is 88.2 Å². The summed E-state index contributed by atoms with van der Waals surface area (Å²) in [4.78, 5) is 0. The maximum absolute atomic E-state index is 3.47. The Bertz CT molecular complexity index is 154. The number of hydrogen-bond donors (Lipinski definition) is 2. The first-order valence-corrected chi connectivity index (χ1v) is 6.01. The third-order valence-electron chi connectivity index (χ3n) is 2.71. The molecule has 0 aromatic rings. The highest BCUT2D eigenvalue weighted by Crippen LogP contribution is 2.19. The number of hydrogen-bond acceptors (Lipinski definition) is 2. The van der Waals surface area contributed by atoms with E-state index in [1.54, 1.807) is 0 Å². The van der Waals surface area contributed by atoms with Crippen LogP contribution in [0, 0.1) is 5.92 Å². The second kappa shape index (κ2) is 8.01. The maximum atomic E-state index is 3.47. The third kappa shape index (κ3) is 5.40. The van der Waals surface area contributed by atoms with Gasteiger partial charge in [0, 0.05) is 13.1 Å². The van der Waals surface area contributed by atoms with Crippen molar-refractivity contribution in [1.82, 2.24) is 10.6 Å². The van der Waals surface area contributed by atoms with E-state index in [0.717, 1.165) is 25.6 Å². The van der Waals surface area contributed by atoms with Crippen molar-refractivity contribution in [3.05, 3.63) is 12.2 Å². The molecular formula is C12H24N2. The van der Waals surface area contributed by atoms with Gasteiger partial charge >= 0.3 is 0 Å². The van der Waals surface area contributed by atoms with Gasteiger partial charge in [0.15, 0.2) is 0 Å². The molecule has 0 aromatic carbocycles. The molecule has 0 amide bonds. The fourth-order valence-corrected chi connectivity index (χ4v) is 1.83. The summed E-state index contributed by atoms with van der Waals surface area (Å²) in [7, 11) is 0. The zero-order chi connectivity index (χ0) is 10.1. The summed E-state index contributed by atoms with van der Waals surface area (Å²) in [5.41, 5.74) is 0. The van der Waals surface area contributed by atoms with E-state index in [1.165, 1.54) is 32.2 Å². The molecule has 1 atom stereocenters. The zero-order valence-corrected chi connectivity index (χ0v) is 9.39. The van der Waals surface area contributed by atoms with Gasteiger partial charge in [-0.3, -0.25) is 0 Å². The molecule has 1 aliphatic rings. The lowest BCUT2D eigenvalue weighted by molar-refractivity contribution is 0.525. The van der Waals surface area contributed by atoms with Gasteiger partial charge in [-0.15, -0.1) is 0 Å². The van der Waals surface area contributed by atoms with Crippen molar-refractivity contribution in [1.29, 1.82) is 0 Å². The second-order valence-corrected chi connectivity index (χ2v) is 4.05. The number of allylic oxidation sites excluding steroid dienone is 2. The van der Waals surface area contributed by atoms with Crippen LogP contribution in [-0.2, 0) is 0 Å². The van der Waals surface area contributed by atoms with Gasteiger partial charge in [0.2, 0.25) is 0 Å². The van der Waals surface area contributed by atoms with Crippen LogP contribution < -0.4 is 10.6 Å². The minimum atomic E-state index is 0.853. The van der Waals surface area contributed by atoms with E-state index < -0.39 is 0 Å². The lowest BCUT2D eigenvalue weighted by atomic mass is 10.1. The predicted octanol–water partition coefficient (Wildman–Crippen LogP) is 1.93. The maximum Gasteiger partial charge on any atom is 0.00767 e. The summed E-state index contributed by atoms with van der Waals surface area (Å²) in [6.45, 7) is 6.73. The molecule has 0 radical (unpaired) electrons. The van der Waals surface area contributed by atoms with Gasteiger partial charge in [-0.1, -0.05) is 19.1 Å². The zero-order valence-electron chi connectivity index (χ0n) is 9.39. The molecule has 0 fully saturated rings. The fourth-order valence-electron chi connectivity index (χ4n) is 1.83. The van der Waals surface area contributed by atoms with E-state index in [-0.39, 0.29) is 0 Å². The Balaban J connectivity index is 1.77. The van der Waals surface area contributed by atoms with Crippen LogP contribution >= 0.6 is 0 Å². The topological polar surface area (TPSA) is 24.1 Å². The predicted molar refractivity (Wildman–Crippen MR) is 62.5 cm³/mol. The third-order valence-corrected chi connectivity index (χ3v) is 2.71. The monoisotopic (exact) mass is 196 g/mol. The lowest BCUT2D eigenvalue weighted by Crippen LogP contribution is -2.28. The molecule has 0 saturated heterocycles. The molecule has 0 aliphatic heterocycles. The Morgan fingerprint density at radius 1 is 1.14 bits per heavy atom. The normalized spacial score (nSPS) is 20.5. The van der Waals surface area contributed by atoms with Crippen LogP contribution in [-0.4, -0.2) is 26.2 Å².